The lowest BCUT2D eigenvalue weighted by Crippen LogP contribution is -2.26. The van der Waals surface area contributed by atoms with Crippen molar-refractivity contribution in [3.8, 4) is 17.2 Å². The number of halogens is 5. The predicted octanol–water partition coefficient (Wildman–Crippen LogP) is 11.0. The van der Waals surface area contributed by atoms with E-state index < -0.39 is 89.7 Å². The predicted molar refractivity (Wildman–Crippen MR) is 198 cm³/mol. The van der Waals surface area contributed by atoms with E-state index in [0.29, 0.717) is 0 Å². The molecule has 0 heterocycles. The molecule has 4 rings (SSSR count). The molecule has 0 fully saturated rings. The molecule has 4 aromatic carbocycles. The summed E-state index contributed by atoms with van der Waals surface area (Å²) in [5, 5.41) is 0. The highest BCUT2D eigenvalue weighted by molar-refractivity contribution is 8.32. The molecule has 0 aliphatic rings. The van der Waals surface area contributed by atoms with E-state index in [1.807, 2.05) is 0 Å². The van der Waals surface area contributed by atoms with Crippen molar-refractivity contribution in [2.24, 2.45) is 0 Å². The Morgan fingerprint density at radius 3 is 1.03 bits per heavy atom. The second-order valence-corrected chi connectivity index (χ2v) is 19.7. The first-order valence-electron chi connectivity index (χ1n) is 17.0. The van der Waals surface area contributed by atoms with Crippen molar-refractivity contribution in [3.05, 3.63) is 102 Å². The second-order valence-electron chi connectivity index (χ2n) is 15.2. The van der Waals surface area contributed by atoms with Gasteiger partial charge in [0.1, 0.15) is 34.1 Å². The van der Waals surface area contributed by atoms with Crippen LogP contribution >= 0.6 is 10.3 Å². The third kappa shape index (κ3) is 11.2. The normalized spacial score (nSPS) is 12.7. The van der Waals surface area contributed by atoms with Gasteiger partial charge in [0, 0.05) is 18.2 Å². The van der Waals surface area contributed by atoms with Crippen LogP contribution in [0.4, 0.5) is 36.3 Å². The summed E-state index contributed by atoms with van der Waals surface area (Å²) in [6, 6.07) is 14.7. The van der Waals surface area contributed by atoms with Crippen molar-refractivity contribution >= 4 is 38.9 Å². The zero-order chi connectivity index (χ0) is 43.6. The van der Waals surface area contributed by atoms with E-state index in [4.69, 9.17) is 28.4 Å². The summed E-state index contributed by atoms with van der Waals surface area (Å²) in [6.45, 7) is 14.0. The Kier molecular flexibility index (Phi) is 13.1. The van der Waals surface area contributed by atoms with Gasteiger partial charge < -0.3 is 28.4 Å². The van der Waals surface area contributed by atoms with Crippen LogP contribution in [0.15, 0.2) is 92.4 Å². The van der Waals surface area contributed by atoms with Gasteiger partial charge in [-0.2, -0.15) is 0 Å². The SMILES string of the molecule is CC(C)(C)OC(=O)Oc1cccc(S([OH+]S(=O)(=O)c2c(F)c(F)c(F)c(F)c2F)(c2cccc(OC(=O)OC(C)(C)C)c2)c2cccc(OC(=O)OC(C)(C)C)c2)c1. The van der Waals surface area contributed by atoms with E-state index in [2.05, 4.69) is 3.63 Å². The fourth-order valence-corrected chi connectivity index (χ4v) is 10.4. The first-order valence-corrected chi connectivity index (χ1v) is 20.0. The van der Waals surface area contributed by atoms with Crippen LogP contribution in [0.25, 0.3) is 0 Å². The van der Waals surface area contributed by atoms with Gasteiger partial charge in [-0.3, -0.25) is 3.63 Å². The quantitative estimate of drug-likeness (QED) is 0.0231. The molecule has 314 valence electrons. The second kappa shape index (κ2) is 16.8. The number of rotatable bonds is 9. The number of benzene rings is 4. The van der Waals surface area contributed by atoms with Crippen molar-refractivity contribution in [2.45, 2.75) is 98.7 Å². The van der Waals surface area contributed by atoms with Crippen LogP contribution in [-0.4, -0.2) is 47.3 Å². The molecular weight excluding hydrogens is 820 g/mol. The van der Waals surface area contributed by atoms with Crippen LogP contribution in [0.3, 0.4) is 0 Å². The zero-order valence-corrected chi connectivity index (χ0v) is 34.2. The van der Waals surface area contributed by atoms with Crippen LogP contribution in [0.5, 0.6) is 17.2 Å². The van der Waals surface area contributed by atoms with Crippen LogP contribution in [0.2, 0.25) is 0 Å². The Morgan fingerprint density at radius 1 is 0.483 bits per heavy atom. The summed E-state index contributed by atoms with van der Waals surface area (Å²) < 4.78 is 138. The molecule has 4 aromatic rings. The molecule has 0 saturated heterocycles. The van der Waals surface area contributed by atoms with E-state index in [1.54, 1.807) is 62.3 Å². The standard InChI is InChI=1S/C39H39F5O12S2/c1-37(2,3)53-34(45)50-22-13-10-16-25(19-22)57(26-17-11-14-23(20-26)51-35(46)54-38(4,5)6,27-18-12-15-24(21-27)52-36(47)55-39(7,8)9)56-58(48,49)33-31(43)29(41)28(40)30(42)32(33)44/h10-21H,1-9H3/p+1. The summed E-state index contributed by atoms with van der Waals surface area (Å²) in [4.78, 5) is 35.3. The highest BCUT2D eigenvalue weighted by Crippen LogP contribution is 2.69. The van der Waals surface area contributed by atoms with Crippen molar-refractivity contribution in [1.82, 2.24) is 0 Å². The van der Waals surface area contributed by atoms with Crippen LogP contribution in [0, 0.1) is 29.1 Å². The maximum Gasteiger partial charge on any atom is 0.514 e. The Bertz CT molecular complexity index is 2130. The molecule has 19 heteroatoms. The van der Waals surface area contributed by atoms with E-state index in [9.17, 15) is 36.0 Å². The fourth-order valence-electron chi connectivity index (χ4n) is 4.80. The van der Waals surface area contributed by atoms with E-state index in [-0.39, 0.29) is 31.9 Å². The maximum absolute atomic E-state index is 15.3. The van der Waals surface area contributed by atoms with Crippen molar-refractivity contribution in [1.29, 1.82) is 0 Å². The molecule has 0 amide bonds. The molecule has 0 aliphatic carbocycles. The number of hydrogen-bond donors (Lipinski definition) is 0. The average molecular weight is 860 g/mol. The Labute approximate surface area is 332 Å². The lowest BCUT2D eigenvalue weighted by Gasteiger charge is -2.35. The van der Waals surface area contributed by atoms with Gasteiger partial charge in [0.15, 0.2) is 23.3 Å². The van der Waals surface area contributed by atoms with Crippen molar-refractivity contribution < 1.29 is 76.8 Å². The average Bonchev–Trinajstić information content (AvgIpc) is 3.06. The minimum Gasteiger partial charge on any atom is -0.428 e. The molecule has 12 nitrogen and oxygen atoms in total. The van der Waals surface area contributed by atoms with Crippen LogP contribution in [-0.2, 0) is 24.3 Å². The third-order valence-corrected chi connectivity index (χ3v) is 12.2. The van der Waals surface area contributed by atoms with Crippen LogP contribution < -0.4 is 14.2 Å². The number of carbonyl (C=O) groups excluding carboxylic acids is 3. The molecule has 0 spiro atoms. The molecule has 0 radical (unpaired) electrons. The van der Waals surface area contributed by atoms with Gasteiger partial charge in [0.05, 0.1) is 25.0 Å². The molecule has 58 heavy (non-hydrogen) atoms. The minimum absolute atomic E-state index is 0.218. The molecule has 0 atom stereocenters. The Morgan fingerprint density at radius 2 is 0.759 bits per heavy atom. The van der Waals surface area contributed by atoms with Gasteiger partial charge in [-0.1, -0.05) is 18.2 Å². The Hall–Kier alpha value is -5.40. The van der Waals surface area contributed by atoms with Gasteiger partial charge in [0.2, 0.25) is 10.7 Å². The van der Waals surface area contributed by atoms with Crippen molar-refractivity contribution in [3.63, 3.8) is 0 Å². The highest BCUT2D eigenvalue weighted by Gasteiger charge is 2.48. The minimum atomic E-state index is -6.00. The molecule has 1 N–H and O–H groups in total. The summed E-state index contributed by atoms with van der Waals surface area (Å²) in [7, 11) is -10.1. The highest BCUT2D eigenvalue weighted by atomic mass is 32.3. The fraction of sp³-hybridized carbons (Fsp3) is 0.308. The molecule has 0 unspecified atom stereocenters. The molecule has 0 bridgehead atoms. The summed E-state index contributed by atoms with van der Waals surface area (Å²) in [5.41, 5.74) is -3.07. The lowest BCUT2D eigenvalue weighted by atomic mass is 10.2. The topological polar surface area (TPSA) is 154 Å². The van der Waals surface area contributed by atoms with Gasteiger partial charge in [0.25, 0.3) is 0 Å². The maximum atomic E-state index is 15.3. The monoisotopic (exact) mass is 859 g/mol. The zero-order valence-electron chi connectivity index (χ0n) is 32.6. The number of carbonyl (C=O) groups is 3. The third-order valence-electron chi connectivity index (χ3n) is 6.85. The van der Waals surface area contributed by atoms with E-state index in [0.717, 1.165) is 18.2 Å². The lowest BCUT2D eigenvalue weighted by molar-refractivity contribution is 0.0192. The van der Waals surface area contributed by atoms with E-state index in [1.165, 1.54) is 54.6 Å². The van der Waals surface area contributed by atoms with E-state index >= 15 is 8.78 Å². The van der Waals surface area contributed by atoms with Crippen molar-refractivity contribution in [2.75, 3.05) is 0 Å². The number of hydrogen-bond acceptors (Lipinski definition) is 11. The largest absolute Gasteiger partial charge is 0.514 e. The first kappa shape index (κ1) is 45.3. The van der Waals surface area contributed by atoms with Gasteiger partial charge in [-0.25, -0.2) is 36.3 Å². The Balaban J connectivity index is 2.11. The smallest absolute Gasteiger partial charge is 0.428 e. The summed E-state index contributed by atoms with van der Waals surface area (Å²) in [5.74, 6) is -14.0. The molecule has 0 aliphatic heterocycles. The van der Waals surface area contributed by atoms with Crippen LogP contribution in [0.1, 0.15) is 62.3 Å². The summed E-state index contributed by atoms with van der Waals surface area (Å²) in [6.07, 6.45) is -3.59. The first-order chi connectivity index (χ1) is 26.6. The number of ether oxygens (including phenoxy) is 6. The molecular formula is C39H40F5O12S2+. The van der Waals surface area contributed by atoms with Gasteiger partial charge >= 0.3 is 28.6 Å². The van der Waals surface area contributed by atoms with Gasteiger partial charge in [-0.05, 0) is 98.7 Å². The summed E-state index contributed by atoms with van der Waals surface area (Å²) >= 11 is 0. The molecule has 0 aromatic heterocycles. The van der Waals surface area contributed by atoms with Gasteiger partial charge in [-0.15, -0.1) is 8.42 Å². The molecule has 0 saturated carbocycles.